The molecular weight excluding hydrogens is 342 g/mol. The first-order valence-electron chi connectivity index (χ1n) is 9.98. The Morgan fingerprint density at radius 2 is 2.11 bits per heavy atom. The second-order valence-corrected chi connectivity index (χ2v) is 7.67. The number of unbranched alkanes of at least 4 members (excludes halogenated alkanes) is 1. The van der Waals surface area contributed by atoms with Crippen LogP contribution in [0.15, 0.2) is 35.1 Å². The molecule has 5 heteroatoms. The molecule has 1 saturated carbocycles. The Hall–Kier alpha value is -2.06. The van der Waals surface area contributed by atoms with Crippen molar-refractivity contribution in [2.24, 2.45) is 11.8 Å². The average Bonchev–Trinajstić information content (AvgIpc) is 3.15. The summed E-state index contributed by atoms with van der Waals surface area (Å²) < 4.78 is 5.98. The molecule has 0 bridgehead atoms. The predicted octanol–water partition coefficient (Wildman–Crippen LogP) is 4.50. The second-order valence-electron chi connectivity index (χ2n) is 7.67. The summed E-state index contributed by atoms with van der Waals surface area (Å²) in [5.74, 6) is 0.0510. The van der Waals surface area contributed by atoms with Gasteiger partial charge in [0.25, 0.3) is 0 Å². The SMILES string of the molecule is CCCCC(C)=C/C=C/[C@@H]1[C@H]2C/C(=C(\C#N)CCCC(=O)O)O[C@H]2C[C@H]1O. The van der Waals surface area contributed by atoms with Crippen molar-refractivity contribution in [1.29, 1.82) is 5.26 Å². The first kappa shape index (κ1) is 21.2. The van der Waals surface area contributed by atoms with E-state index >= 15 is 0 Å². The minimum absolute atomic E-state index is 0.0293. The summed E-state index contributed by atoms with van der Waals surface area (Å²) in [5, 5.41) is 28.5. The number of hydrogen-bond acceptors (Lipinski definition) is 4. The van der Waals surface area contributed by atoms with E-state index in [0.29, 0.717) is 37.0 Å². The van der Waals surface area contributed by atoms with Crippen molar-refractivity contribution in [2.75, 3.05) is 0 Å². The third-order valence-corrected chi connectivity index (χ3v) is 5.53. The molecule has 1 aliphatic carbocycles. The zero-order valence-corrected chi connectivity index (χ0v) is 16.4. The van der Waals surface area contributed by atoms with Crippen LogP contribution in [-0.4, -0.2) is 28.4 Å². The monoisotopic (exact) mass is 373 g/mol. The Morgan fingerprint density at radius 3 is 2.78 bits per heavy atom. The third kappa shape index (κ3) is 5.97. The molecule has 2 aliphatic rings. The summed E-state index contributed by atoms with van der Waals surface area (Å²) in [6.45, 7) is 4.31. The number of allylic oxidation sites excluding steroid dienone is 5. The van der Waals surface area contributed by atoms with Crippen LogP contribution in [-0.2, 0) is 9.53 Å². The van der Waals surface area contributed by atoms with E-state index < -0.39 is 12.1 Å². The molecule has 0 aromatic heterocycles. The Morgan fingerprint density at radius 1 is 1.33 bits per heavy atom. The molecule has 2 N–H and O–H groups in total. The molecule has 5 nitrogen and oxygen atoms in total. The second kappa shape index (κ2) is 10.3. The fourth-order valence-electron chi connectivity index (χ4n) is 3.98. The highest BCUT2D eigenvalue weighted by molar-refractivity contribution is 5.66. The number of aliphatic carboxylic acids is 1. The van der Waals surface area contributed by atoms with Crippen molar-refractivity contribution in [3.8, 4) is 6.07 Å². The number of rotatable bonds is 9. The molecule has 148 valence electrons. The van der Waals surface area contributed by atoms with E-state index in [1.165, 1.54) is 18.4 Å². The lowest BCUT2D eigenvalue weighted by Gasteiger charge is -2.15. The van der Waals surface area contributed by atoms with E-state index in [0.717, 1.165) is 6.42 Å². The average molecular weight is 373 g/mol. The van der Waals surface area contributed by atoms with Crippen LogP contribution < -0.4 is 0 Å². The van der Waals surface area contributed by atoms with Gasteiger partial charge in [-0.2, -0.15) is 5.26 Å². The first-order chi connectivity index (χ1) is 13.0. The molecule has 0 aromatic carbocycles. The Kier molecular flexibility index (Phi) is 8.12. The molecular formula is C22H31NO4. The lowest BCUT2D eigenvalue weighted by Crippen LogP contribution is -2.17. The maximum atomic E-state index is 10.7. The van der Waals surface area contributed by atoms with Crippen LogP contribution in [0.4, 0.5) is 0 Å². The Bertz CT molecular complexity index is 656. The van der Waals surface area contributed by atoms with Crippen molar-refractivity contribution in [3.05, 3.63) is 35.1 Å². The van der Waals surface area contributed by atoms with Crippen LogP contribution in [0.2, 0.25) is 0 Å². The number of carboxylic acids is 1. The summed E-state index contributed by atoms with van der Waals surface area (Å²) in [7, 11) is 0. The van der Waals surface area contributed by atoms with Crippen molar-refractivity contribution in [2.45, 2.75) is 77.4 Å². The van der Waals surface area contributed by atoms with Gasteiger partial charge in [0.15, 0.2) is 0 Å². The normalized spacial score (nSPS) is 29.5. The maximum absolute atomic E-state index is 10.7. The van der Waals surface area contributed by atoms with E-state index in [1.807, 2.05) is 6.08 Å². The largest absolute Gasteiger partial charge is 0.493 e. The molecule has 1 aliphatic heterocycles. The Labute approximate surface area is 162 Å². The molecule has 0 aromatic rings. The molecule has 2 rings (SSSR count). The standard InChI is InChI=1S/C22H31NO4/c1-3-4-7-15(2)8-5-10-17-18-12-20(27-21(18)13-19(17)24)16(14-23)9-6-11-22(25)26/h5,8,10,17-19,21,24H,3-4,6-7,9,11-13H2,1-2H3,(H,25,26)/b10-5+,15-8?,20-16+/t17-,18-,19-,21+/m1/s1. The molecule has 1 heterocycles. The van der Waals surface area contributed by atoms with Crippen molar-refractivity contribution < 1.29 is 19.7 Å². The predicted molar refractivity (Wildman–Crippen MR) is 104 cm³/mol. The summed E-state index contributed by atoms with van der Waals surface area (Å²) in [4.78, 5) is 10.7. The van der Waals surface area contributed by atoms with E-state index in [1.54, 1.807) is 0 Å². The number of hydrogen-bond donors (Lipinski definition) is 2. The molecule has 0 unspecified atom stereocenters. The summed E-state index contributed by atoms with van der Waals surface area (Å²) in [5.41, 5.74) is 1.89. The number of carboxylic acid groups (broad SMARTS) is 1. The zero-order valence-electron chi connectivity index (χ0n) is 16.4. The Balaban J connectivity index is 2.00. The lowest BCUT2D eigenvalue weighted by molar-refractivity contribution is -0.137. The fourth-order valence-corrected chi connectivity index (χ4v) is 3.98. The quantitative estimate of drug-likeness (QED) is 0.459. The van der Waals surface area contributed by atoms with E-state index in [9.17, 15) is 15.2 Å². The highest BCUT2D eigenvalue weighted by Gasteiger charge is 2.47. The van der Waals surface area contributed by atoms with Gasteiger partial charge in [-0.15, -0.1) is 0 Å². The highest BCUT2D eigenvalue weighted by Crippen LogP contribution is 2.46. The zero-order chi connectivity index (χ0) is 19.8. The first-order valence-corrected chi connectivity index (χ1v) is 9.98. The number of fused-ring (bicyclic) bond motifs is 1. The number of nitrogens with zero attached hydrogens (tertiary/aromatic N) is 1. The number of ether oxygens (including phenoxy) is 1. The van der Waals surface area contributed by atoms with Gasteiger partial charge < -0.3 is 14.9 Å². The van der Waals surface area contributed by atoms with E-state index in [-0.39, 0.29) is 24.4 Å². The minimum Gasteiger partial charge on any atom is -0.493 e. The summed E-state index contributed by atoms with van der Waals surface area (Å²) in [6, 6.07) is 2.18. The van der Waals surface area contributed by atoms with Gasteiger partial charge in [0.1, 0.15) is 11.9 Å². The van der Waals surface area contributed by atoms with Gasteiger partial charge in [0, 0.05) is 31.1 Å². The van der Waals surface area contributed by atoms with Crippen molar-refractivity contribution >= 4 is 5.97 Å². The van der Waals surface area contributed by atoms with Gasteiger partial charge in [-0.3, -0.25) is 4.79 Å². The van der Waals surface area contributed by atoms with Gasteiger partial charge in [0.2, 0.25) is 0 Å². The van der Waals surface area contributed by atoms with Crippen LogP contribution in [0.1, 0.15) is 65.2 Å². The topological polar surface area (TPSA) is 90.6 Å². The van der Waals surface area contributed by atoms with Gasteiger partial charge in [-0.25, -0.2) is 0 Å². The molecule has 0 spiro atoms. The summed E-state index contributed by atoms with van der Waals surface area (Å²) in [6.07, 6.45) is 11.4. The fraction of sp³-hybridized carbons (Fsp3) is 0.636. The molecule has 27 heavy (non-hydrogen) atoms. The number of nitriles is 1. The van der Waals surface area contributed by atoms with Crippen LogP contribution in [0.25, 0.3) is 0 Å². The van der Waals surface area contributed by atoms with E-state index in [4.69, 9.17) is 9.84 Å². The number of aliphatic hydroxyl groups is 1. The van der Waals surface area contributed by atoms with Crippen LogP contribution in [0.3, 0.4) is 0 Å². The lowest BCUT2D eigenvalue weighted by atomic mass is 9.90. The van der Waals surface area contributed by atoms with Crippen molar-refractivity contribution in [1.82, 2.24) is 0 Å². The van der Waals surface area contributed by atoms with E-state index in [2.05, 4.69) is 32.1 Å². The molecule has 1 saturated heterocycles. The number of aliphatic hydroxyl groups excluding tert-OH is 1. The van der Waals surface area contributed by atoms with Crippen molar-refractivity contribution in [3.63, 3.8) is 0 Å². The summed E-state index contributed by atoms with van der Waals surface area (Å²) >= 11 is 0. The van der Waals surface area contributed by atoms with Crippen LogP contribution in [0.5, 0.6) is 0 Å². The van der Waals surface area contributed by atoms with Gasteiger partial charge in [0.05, 0.1) is 17.7 Å². The van der Waals surface area contributed by atoms with Gasteiger partial charge >= 0.3 is 5.97 Å². The molecule has 4 atom stereocenters. The maximum Gasteiger partial charge on any atom is 0.303 e. The molecule has 2 fully saturated rings. The number of carbonyl (C=O) groups is 1. The smallest absolute Gasteiger partial charge is 0.303 e. The molecule has 0 radical (unpaired) electrons. The van der Waals surface area contributed by atoms with Gasteiger partial charge in [-0.1, -0.05) is 37.1 Å². The molecule has 0 amide bonds. The minimum atomic E-state index is -0.850. The van der Waals surface area contributed by atoms with Gasteiger partial charge in [-0.05, 0) is 32.6 Å². The van der Waals surface area contributed by atoms with Crippen LogP contribution >= 0.6 is 0 Å². The third-order valence-electron chi connectivity index (χ3n) is 5.53. The highest BCUT2D eigenvalue weighted by atomic mass is 16.5. The van der Waals surface area contributed by atoms with Crippen LogP contribution in [0, 0.1) is 23.2 Å².